The molecule has 0 radical (unpaired) electrons. The minimum Gasteiger partial charge on any atom is -0.481 e. The minimum absolute atomic E-state index is 0.0827. The number of aromatic nitrogens is 1. The number of hydrogen-bond acceptors (Lipinski definition) is 3. The van der Waals surface area contributed by atoms with Gasteiger partial charge in [0, 0.05) is 24.7 Å². The van der Waals surface area contributed by atoms with Gasteiger partial charge in [0.2, 0.25) is 0 Å². The summed E-state index contributed by atoms with van der Waals surface area (Å²) >= 11 is 0. The standard InChI is InChI=1S/C15H17N3O3/c19-13(20)7-10-18-15(21)17-9-6-12-4-1-3-11-5-2-8-16-14(11)12/h1-5,8H,6-7,9-10H2,(H,19,20)(H2,17,18,21). The molecule has 110 valence electrons. The number of carbonyl (C=O) groups excluding carboxylic acids is 1. The van der Waals surface area contributed by atoms with Gasteiger partial charge in [-0.25, -0.2) is 4.79 Å². The van der Waals surface area contributed by atoms with Gasteiger partial charge in [-0.15, -0.1) is 0 Å². The third-order valence-electron chi connectivity index (χ3n) is 3.02. The van der Waals surface area contributed by atoms with Crippen molar-refractivity contribution in [2.24, 2.45) is 0 Å². The number of fused-ring (bicyclic) bond motifs is 1. The van der Waals surface area contributed by atoms with Gasteiger partial charge in [0.05, 0.1) is 11.9 Å². The Bertz CT molecular complexity index is 638. The quantitative estimate of drug-likeness (QED) is 0.751. The molecule has 0 bridgehead atoms. The van der Waals surface area contributed by atoms with E-state index in [2.05, 4.69) is 15.6 Å². The largest absolute Gasteiger partial charge is 0.481 e. The average molecular weight is 287 g/mol. The molecule has 0 aliphatic carbocycles. The monoisotopic (exact) mass is 287 g/mol. The lowest BCUT2D eigenvalue weighted by molar-refractivity contribution is -0.136. The molecule has 1 heterocycles. The van der Waals surface area contributed by atoms with Crippen molar-refractivity contribution in [3.8, 4) is 0 Å². The molecule has 0 spiro atoms. The van der Waals surface area contributed by atoms with Gasteiger partial charge in [-0.1, -0.05) is 24.3 Å². The molecule has 1 aromatic carbocycles. The van der Waals surface area contributed by atoms with Crippen LogP contribution < -0.4 is 10.6 Å². The number of urea groups is 1. The number of benzene rings is 1. The van der Waals surface area contributed by atoms with Crippen molar-refractivity contribution in [3.63, 3.8) is 0 Å². The normalized spacial score (nSPS) is 10.3. The highest BCUT2D eigenvalue weighted by molar-refractivity contribution is 5.81. The minimum atomic E-state index is -0.933. The lowest BCUT2D eigenvalue weighted by Gasteiger charge is -2.08. The maximum absolute atomic E-state index is 11.4. The topological polar surface area (TPSA) is 91.3 Å². The molecule has 6 heteroatoms. The molecule has 0 unspecified atom stereocenters. The molecule has 0 fully saturated rings. The second kappa shape index (κ2) is 7.23. The number of para-hydroxylation sites is 1. The Kier molecular flexibility index (Phi) is 5.09. The number of carbonyl (C=O) groups is 2. The summed E-state index contributed by atoms with van der Waals surface area (Å²) in [6.07, 6.45) is 2.33. The molecule has 6 nitrogen and oxygen atoms in total. The van der Waals surface area contributed by atoms with E-state index in [4.69, 9.17) is 5.11 Å². The molecule has 2 aromatic rings. The molecule has 21 heavy (non-hydrogen) atoms. The molecule has 0 aliphatic heterocycles. The fourth-order valence-electron chi connectivity index (χ4n) is 2.03. The van der Waals surface area contributed by atoms with E-state index in [0.717, 1.165) is 16.5 Å². The van der Waals surface area contributed by atoms with Gasteiger partial charge in [-0.05, 0) is 18.1 Å². The zero-order chi connectivity index (χ0) is 15.1. The Labute approximate surface area is 122 Å². The van der Waals surface area contributed by atoms with Crippen LogP contribution >= 0.6 is 0 Å². The summed E-state index contributed by atoms with van der Waals surface area (Å²) in [5, 5.41) is 14.7. The van der Waals surface area contributed by atoms with Crippen LogP contribution in [0.4, 0.5) is 4.79 Å². The number of hydrogen-bond donors (Lipinski definition) is 3. The first-order valence-corrected chi connectivity index (χ1v) is 6.73. The summed E-state index contributed by atoms with van der Waals surface area (Å²) in [5.41, 5.74) is 2.01. The Hall–Kier alpha value is -2.63. The number of carboxylic acids is 1. The van der Waals surface area contributed by atoms with Crippen LogP contribution in [0.1, 0.15) is 12.0 Å². The highest BCUT2D eigenvalue weighted by Gasteiger charge is 2.04. The van der Waals surface area contributed by atoms with Crippen LogP contribution in [0, 0.1) is 0 Å². The van der Waals surface area contributed by atoms with Gasteiger partial charge < -0.3 is 15.7 Å². The van der Waals surface area contributed by atoms with Gasteiger partial charge in [-0.3, -0.25) is 9.78 Å². The summed E-state index contributed by atoms with van der Waals surface area (Å²) in [7, 11) is 0. The summed E-state index contributed by atoms with van der Waals surface area (Å²) in [5.74, 6) is -0.933. The van der Waals surface area contributed by atoms with Crippen molar-refractivity contribution in [2.45, 2.75) is 12.8 Å². The average Bonchev–Trinajstić information content (AvgIpc) is 2.47. The number of pyridine rings is 1. The second-order valence-electron chi connectivity index (χ2n) is 4.57. The molecule has 0 saturated carbocycles. The molecule has 3 N–H and O–H groups in total. The molecule has 0 aliphatic rings. The van der Waals surface area contributed by atoms with Crippen LogP contribution in [0.25, 0.3) is 10.9 Å². The first-order chi connectivity index (χ1) is 10.2. The molecule has 0 saturated heterocycles. The highest BCUT2D eigenvalue weighted by atomic mass is 16.4. The Morgan fingerprint density at radius 3 is 2.67 bits per heavy atom. The summed E-state index contributed by atoms with van der Waals surface area (Å²) in [4.78, 5) is 26.1. The van der Waals surface area contributed by atoms with Crippen LogP contribution in [0.3, 0.4) is 0 Å². The fourth-order valence-corrected chi connectivity index (χ4v) is 2.03. The van der Waals surface area contributed by atoms with Crippen molar-refractivity contribution in [1.82, 2.24) is 15.6 Å². The van der Waals surface area contributed by atoms with Gasteiger partial charge in [-0.2, -0.15) is 0 Å². The molecular weight excluding hydrogens is 270 g/mol. The van der Waals surface area contributed by atoms with Crippen molar-refractivity contribution < 1.29 is 14.7 Å². The van der Waals surface area contributed by atoms with E-state index in [9.17, 15) is 9.59 Å². The number of rotatable bonds is 6. The molecule has 2 amide bonds. The number of aliphatic carboxylic acids is 1. The predicted molar refractivity (Wildman–Crippen MR) is 79.1 cm³/mol. The molecule has 2 rings (SSSR count). The van der Waals surface area contributed by atoms with E-state index >= 15 is 0 Å². The maximum Gasteiger partial charge on any atom is 0.314 e. The van der Waals surface area contributed by atoms with E-state index in [1.165, 1.54) is 0 Å². The summed E-state index contributed by atoms with van der Waals surface area (Å²) < 4.78 is 0. The van der Waals surface area contributed by atoms with Gasteiger partial charge in [0.15, 0.2) is 0 Å². The van der Waals surface area contributed by atoms with Crippen LogP contribution in [0.15, 0.2) is 36.5 Å². The third-order valence-corrected chi connectivity index (χ3v) is 3.02. The number of nitrogens with zero attached hydrogens (tertiary/aromatic N) is 1. The van der Waals surface area contributed by atoms with Gasteiger partial charge in [0.25, 0.3) is 0 Å². The molecule has 0 atom stereocenters. The van der Waals surface area contributed by atoms with Crippen molar-refractivity contribution in [2.75, 3.05) is 13.1 Å². The first kappa shape index (κ1) is 14.8. The molecular formula is C15H17N3O3. The zero-order valence-electron chi connectivity index (χ0n) is 11.5. The van der Waals surface area contributed by atoms with Crippen molar-refractivity contribution in [1.29, 1.82) is 0 Å². The van der Waals surface area contributed by atoms with Crippen LogP contribution in [0.2, 0.25) is 0 Å². The zero-order valence-corrected chi connectivity index (χ0v) is 11.5. The van der Waals surface area contributed by atoms with Gasteiger partial charge >= 0.3 is 12.0 Å². The number of nitrogens with one attached hydrogen (secondary N) is 2. The van der Waals surface area contributed by atoms with E-state index < -0.39 is 5.97 Å². The first-order valence-electron chi connectivity index (χ1n) is 6.73. The molecule has 1 aromatic heterocycles. The van der Waals surface area contributed by atoms with E-state index in [1.54, 1.807) is 6.20 Å². The summed E-state index contributed by atoms with van der Waals surface area (Å²) in [6.45, 7) is 0.589. The van der Waals surface area contributed by atoms with E-state index in [0.29, 0.717) is 13.0 Å². The Morgan fingerprint density at radius 2 is 1.86 bits per heavy atom. The van der Waals surface area contributed by atoms with E-state index in [-0.39, 0.29) is 19.0 Å². The van der Waals surface area contributed by atoms with Gasteiger partial charge in [0.1, 0.15) is 0 Å². The van der Waals surface area contributed by atoms with Crippen LogP contribution in [-0.4, -0.2) is 35.2 Å². The number of carboxylic acid groups (broad SMARTS) is 1. The van der Waals surface area contributed by atoms with Crippen LogP contribution in [-0.2, 0) is 11.2 Å². The third kappa shape index (κ3) is 4.45. The van der Waals surface area contributed by atoms with Crippen molar-refractivity contribution >= 4 is 22.9 Å². The predicted octanol–water partition coefficient (Wildman–Crippen LogP) is 1.55. The lowest BCUT2D eigenvalue weighted by Crippen LogP contribution is -2.37. The SMILES string of the molecule is O=C(O)CCNC(=O)NCCc1cccc2cccnc12. The Balaban J connectivity index is 1.82. The fraction of sp³-hybridized carbons (Fsp3) is 0.267. The Morgan fingerprint density at radius 1 is 1.10 bits per heavy atom. The summed E-state index contributed by atoms with van der Waals surface area (Å²) in [6, 6.07) is 9.48. The van der Waals surface area contributed by atoms with E-state index in [1.807, 2.05) is 30.3 Å². The number of amides is 2. The maximum atomic E-state index is 11.4. The highest BCUT2D eigenvalue weighted by Crippen LogP contribution is 2.15. The van der Waals surface area contributed by atoms with Crippen LogP contribution in [0.5, 0.6) is 0 Å². The van der Waals surface area contributed by atoms with Crippen molar-refractivity contribution in [3.05, 3.63) is 42.1 Å². The lowest BCUT2D eigenvalue weighted by atomic mass is 10.1. The second-order valence-corrected chi connectivity index (χ2v) is 4.57. The smallest absolute Gasteiger partial charge is 0.314 e.